The molecule has 2 heteroatoms. The van der Waals surface area contributed by atoms with Crippen LogP contribution in [0.2, 0.25) is 0 Å². The standard InChI is InChI=1S/C11H15NO/c12-9-11(13)8-4-7-10-5-2-1-3-6-10/h1-7,11,13H,8-9,12H2. The maximum atomic E-state index is 9.16. The lowest BCUT2D eigenvalue weighted by Crippen LogP contribution is -2.18. The van der Waals surface area contributed by atoms with Crippen LogP contribution in [0.4, 0.5) is 0 Å². The van der Waals surface area contributed by atoms with Gasteiger partial charge in [0, 0.05) is 6.54 Å². The van der Waals surface area contributed by atoms with Crippen molar-refractivity contribution in [1.82, 2.24) is 0 Å². The molecule has 0 spiro atoms. The van der Waals surface area contributed by atoms with E-state index >= 15 is 0 Å². The highest BCUT2D eigenvalue weighted by Gasteiger charge is 1.95. The third kappa shape index (κ3) is 3.87. The molecule has 1 atom stereocenters. The SMILES string of the molecule is NCC(O)CC=Cc1ccccc1. The molecule has 0 radical (unpaired) electrons. The summed E-state index contributed by atoms with van der Waals surface area (Å²) in [6, 6.07) is 9.99. The summed E-state index contributed by atoms with van der Waals surface area (Å²) in [5.74, 6) is 0. The van der Waals surface area contributed by atoms with Gasteiger partial charge in [0.2, 0.25) is 0 Å². The Morgan fingerprint density at radius 3 is 2.62 bits per heavy atom. The Kier molecular flexibility index (Phi) is 4.23. The minimum absolute atomic E-state index is 0.319. The first-order valence-corrected chi connectivity index (χ1v) is 4.42. The molecular formula is C11H15NO. The predicted molar refractivity (Wildman–Crippen MR) is 55.2 cm³/mol. The van der Waals surface area contributed by atoms with Crippen molar-refractivity contribution >= 4 is 6.08 Å². The Bertz CT molecular complexity index is 256. The Labute approximate surface area is 78.7 Å². The summed E-state index contributed by atoms with van der Waals surface area (Å²) in [6.45, 7) is 0.319. The fourth-order valence-electron chi connectivity index (χ4n) is 1.02. The second-order valence-electron chi connectivity index (χ2n) is 2.94. The molecule has 0 fully saturated rings. The summed E-state index contributed by atoms with van der Waals surface area (Å²) in [6.07, 6.45) is 4.12. The van der Waals surface area contributed by atoms with E-state index < -0.39 is 6.10 Å². The molecule has 0 saturated heterocycles. The summed E-state index contributed by atoms with van der Waals surface area (Å²) in [4.78, 5) is 0. The van der Waals surface area contributed by atoms with Crippen molar-refractivity contribution < 1.29 is 5.11 Å². The van der Waals surface area contributed by atoms with Crippen LogP contribution < -0.4 is 5.73 Å². The van der Waals surface area contributed by atoms with Crippen molar-refractivity contribution in [3.05, 3.63) is 42.0 Å². The van der Waals surface area contributed by atoms with Gasteiger partial charge in [0.15, 0.2) is 0 Å². The van der Waals surface area contributed by atoms with Gasteiger partial charge in [-0.05, 0) is 12.0 Å². The van der Waals surface area contributed by atoms with E-state index in [9.17, 15) is 0 Å². The van der Waals surface area contributed by atoms with E-state index in [2.05, 4.69) is 0 Å². The van der Waals surface area contributed by atoms with Crippen LogP contribution in [-0.4, -0.2) is 17.8 Å². The summed E-state index contributed by atoms with van der Waals surface area (Å²) >= 11 is 0. The average molecular weight is 177 g/mol. The molecule has 0 aliphatic heterocycles. The van der Waals surface area contributed by atoms with E-state index in [1.165, 1.54) is 0 Å². The highest BCUT2D eigenvalue weighted by atomic mass is 16.3. The maximum absolute atomic E-state index is 9.16. The van der Waals surface area contributed by atoms with Gasteiger partial charge in [0.05, 0.1) is 6.10 Å². The molecule has 0 saturated carbocycles. The molecule has 1 aromatic carbocycles. The van der Waals surface area contributed by atoms with E-state index in [1.807, 2.05) is 42.5 Å². The van der Waals surface area contributed by atoms with Crippen LogP contribution in [0.25, 0.3) is 6.08 Å². The van der Waals surface area contributed by atoms with Gasteiger partial charge >= 0.3 is 0 Å². The van der Waals surface area contributed by atoms with E-state index in [0.717, 1.165) is 5.56 Å². The second-order valence-corrected chi connectivity index (χ2v) is 2.94. The first-order chi connectivity index (χ1) is 6.33. The van der Waals surface area contributed by atoms with Crippen molar-refractivity contribution in [3.63, 3.8) is 0 Å². The first-order valence-electron chi connectivity index (χ1n) is 4.42. The lowest BCUT2D eigenvalue weighted by atomic mass is 10.2. The van der Waals surface area contributed by atoms with Gasteiger partial charge in [-0.25, -0.2) is 0 Å². The molecule has 3 N–H and O–H groups in total. The van der Waals surface area contributed by atoms with E-state index in [4.69, 9.17) is 10.8 Å². The van der Waals surface area contributed by atoms with E-state index in [-0.39, 0.29) is 0 Å². The van der Waals surface area contributed by atoms with Gasteiger partial charge in [0.25, 0.3) is 0 Å². The zero-order valence-electron chi connectivity index (χ0n) is 7.56. The van der Waals surface area contributed by atoms with Gasteiger partial charge in [-0.2, -0.15) is 0 Å². The number of hydrogen-bond donors (Lipinski definition) is 2. The predicted octanol–water partition coefficient (Wildman–Crippen LogP) is 1.41. The normalized spacial score (nSPS) is 13.4. The molecule has 0 heterocycles. The summed E-state index contributed by atoms with van der Waals surface area (Å²) < 4.78 is 0. The van der Waals surface area contributed by atoms with Gasteiger partial charge in [-0.3, -0.25) is 0 Å². The Hall–Kier alpha value is -1.12. The second kappa shape index (κ2) is 5.51. The molecule has 13 heavy (non-hydrogen) atoms. The van der Waals surface area contributed by atoms with Gasteiger partial charge in [-0.15, -0.1) is 0 Å². The Balaban J connectivity index is 2.41. The molecule has 1 unspecified atom stereocenters. The van der Waals surface area contributed by atoms with Gasteiger partial charge < -0.3 is 10.8 Å². The molecule has 1 rings (SSSR count). The van der Waals surface area contributed by atoms with Crippen molar-refractivity contribution in [1.29, 1.82) is 0 Å². The van der Waals surface area contributed by atoms with Crippen LogP contribution in [-0.2, 0) is 0 Å². The fourth-order valence-corrected chi connectivity index (χ4v) is 1.02. The molecule has 1 aromatic rings. The molecule has 70 valence electrons. The minimum atomic E-state index is -0.417. The van der Waals surface area contributed by atoms with Crippen molar-refractivity contribution in [2.75, 3.05) is 6.54 Å². The smallest absolute Gasteiger partial charge is 0.0696 e. The topological polar surface area (TPSA) is 46.2 Å². The number of benzene rings is 1. The number of hydrogen-bond acceptors (Lipinski definition) is 2. The molecule has 0 aliphatic rings. The molecular weight excluding hydrogens is 162 g/mol. The Morgan fingerprint density at radius 2 is 2.00 bits per heavy atom. The van der Waals surface area contributed by atoms with Gasteiger partial charge in [0.1, 0.15) is 0 Å². The number of aliphatic hydroxyl groups excluding tert-OH is 1. The summed E-state index contributed by atoms with van der Waals surface area (Å²) in [7, 11) is 0. The van der Waals surface area contributed by atoms with Crippen LogP contribution in [0, 0.1) is 0 Å². The molecule has 0 amide bonds. The number of aliphatic hydroxyl groups is 1. The van der Waals surface area contributed by atoms with Crippen LogP contribution in [0.15, 0.2) is 36.4 Å². The zero-order valence-corrected chi connectivity index (χ0v) is 7.56. The quantitative estimate of drug-likeness (QED) is 0.730. The van der Waals surface area contributed by atoms with E-state index in [0.29, 0.717) is 13.0 Å². The highest BCUT2D eigenvalue weighted by molar-refractivity contribution is 5.48. The fraction of sp³-hybridized carbons (Fsp3) is 0.273. The molecule has 0 bridgehead atoms. The summed E-state index contributed by atoms with van der Waals surface area (Å²) in [5, 5.41) is 9.16. The highest BCUT2D eigenvalue weighted by Crippen LogP contribution is 2.02. The monoisotopic (exact) mass is 177 g/mol. The zero-order chi connectivity index (χ0) is 9.52. The third-order valence-corrected chi connectivity index (χ3v) is 1.79. The first kappa shape index (κ1) is 9.96. The molecule has 0 aliphatic carbocycles. The van der Waals surface area contributed by atoms with Crippen molar-refractivity contribution in [3.8, 4) is 0 Å². The van der Waals surface area contributed by atoms with E-state index in [1.54, 1.807) is 0 Å². The largest absolute Gasteiger partial charge is 0.391 e. The van der Waals surface area contributed by atoms with Crippen LogP contribution in [0.3, 0.4) is 0 Å². The lowest BCUT2D eigenvalue weighted by molar-refractivity contribution is 0.186. The van der Waals surface area contributed by atoms with Crippen LogP contribution >= 0.6 is 0 Å². The van der Waals surface area contributed by atoms with Crippen molar-refractivity contribution in [2.24, 2.45) is 5.73 Å². The minimum Gasteiger partial charge on any atom is -0.391 e. The third-order valence-electron chi connectivity index (χ3n) is 1.79. The molecule has 0 aromatic heterocycles. The number of rotatable bonds is 4. The molecule has 2 nitrogen and oxygen atoms in total. The average Bonchev–Trinajstić information content (AvgIpc) is 2.19. The van der Waals surface area contributed by atoms with Crippen LogP contribution in [0.5, 0.6) is 0 Å². The van der Waals surface area contributed by atoms with Crippen LogP contribution in [0.1, 0.15) is 12.0 Å². The number of nitrogens with two attached hydrogens (primary N) is 1. The lowest BCUT2D eigenvalue weighted by Gasteiger charge is -2.01. The maximum Gasteiger partial charge on any atom is 0.0696 e. The van der Waals surface area contributed by atoms with Gasteiger partial charge in [-0.1, -0.05) is 42.5 Å². The Morgan fingerprint density at radius 1 is 1.31 bits per heavy atom. The summed E-state index contributed by atoms with van der Waals surface area (Å²) in [5.41, 5.74) is 6.41. The van der Waals surface area contributed by atoms with Crippen molar-refractivity contribution in [2.45, 2.75) is 12.5 Å².